The summed E-state index contributed by atoms with van der Waals surface area (Å²) in [6, 6.07) is 0.174. The summed E-state index contributed by atoms with van der Waals surface area (Å²) in [7, 11) is 9.13. The third-order valence-corrected chi connectivity index (χ3v) is 13.8. The van der Waals surface area contributed by atoms with Crippen molar-refractivity contribution in [3.63, 3.8) is 0 Å². The van der Waals surface area contributed by atoms with Crippen LogP contribution in [0.3, 0.4) is 0 Å². The summed E-state index contributed by atoms with van der Waals surface area (Å²) in [5.74, 6) is -0.228. The number of Topliss-reactive ketones (excluding diaryl/α,β-unsaturated/α-hetero) is 1. The number of nitrogens with zero attached hydrogens (tertiary/aromatic N) is 1. The molecule has 5 fully saturated rings. The van der Waals surface area contributed by atoms with Crippen LogP contribution in [0.5, 0.6) is 0 Å². The topological polar surface area (TPSA) is 137 Å². The van der Waals surface area contributed by atoms with Gasteiger partial charge < -0.3 is 48.5 Å². The molecule has 3 heterocycles. The number of methoxy groups -OCH3 is 3. The number of hydrogen-bond acceptors (Lipinski definition) is 12. The van der Waals surface area contributed by atoms with Crippen LogP contribution < -0.4 is 5.73 Å². The zero-order chi connectivity index (χ0) is 38.1. The van der Waals surface area contributed by atoms with Gasteiger partial charge in [0.25, 0.3) is 0 Å². The van der Waals surface area contributed by atoms with Crippen LogP contribution in [-0.4, -0.2) is 126 Å². The molecule has 12 heteroatoms. The molecule has 2 N–H and O–H groups in total. The fourth-order valence-corrected chi connectivity index (χ4v) is 11.1. The molecule has 6 rings (SSSR count). The number of nitrogens with two attached hydrogens (primary N) is 1. The van der Waals surface area contributed by atoms with Crippen LogP contribution >= 0.6 is 0 Å². The quantitative estimate of drug-likeness (QED) is 0.329. The third-order valence-electron chi connectivity index (χ3n) is 13.8. The lowest BCUT2D eigenvalue weighted by atomic mass is 9.64. The smallest absolute Gasteiger partial charge is 0.306 e. The highest BCUT2D eigenvalue weighted by atomic mass is 16.7. The van der Waals surface area contributed by atoms with E-state index in [-0.39, 0.29) is 96.9 Å². The molecule has 0 bridgehead atoms. The summed E-state index contributed by atoms with van der Waals surface area (Å²) in [5.41, 5.74) is 7.81. The summed E-state index contributed by atoms with van der Waals surface area (Å²) in [6.45, 7) is 8.14. The van der Waals surface area contributed by atoms with E-state index in [1.165, 1.54) is 0 Å². The number of fused-ring (bicyclic) bond motifs is 5. The molecule has 0 aromatic rings. The Morgan fingerprint density at radius 3 is 2.26 bits per heavy atom. The Bertz CT molecular complexity index is 1280. The fraction of sp³-hybridized carbons (Fsp3) is 0.902. The van der Waals surface area contributed by atoms with E-state index in [0.717, 1.165) is 56.9 Å². The van der Waals surface area contributed by atoms with Gasteiger partial charge in [0, 0.05) is 45.2 Å². The minimum atomic E-state index is -0.608. The molecule has 0 spiro atoms. The molecule has 3 aliphatic heterocycles. The van der Waals surface area contributed by atoms with Crippen molar-refractivity contribution in [3.8, 4) is 0 Å². The molecule has 53 heavy (non-hydrogen) atoms. The number of carbonyl (C=O) groups excluding carboxylic acids is 2. The zero-order valence-electron chi connectivity index (χ0n) is 33.6. The standard InChI is InChI=1S/C41H68N2O10/c1-10-25-12-11-13-33(53-35-15-14-32(43(5)6)22(3)49-35)21(2)37(45)30-19-28-27-18-26(16-24(27)17-31(42)36(28)29(30)20-34(44)51-25)52-41-40(48-9)39(47-8)38(46-7)23(4)50-41/h19,21-29,31-33,35-36,38-41H,10-18,20,42H2,1-9H3/t21-,22?,23?,24+,25+,26-,27-,28+,29-,31?,32+,33+,35+,36-,38+,39?,40+,41+/m1/s1. The number of ether oxygens (including phenoxy) is 8. The normalized spacial score (nSPS) is 46.8. The van der Waals surface area contributed by atoms with Crippen molar-refractivity contribution >= 4 is 11.8 Å². The van der Waals surface area contributed by atoms with Gasteiger partial charge >= 0.3 is 5.97 Å². The summed E-state index contributed by atoms with van der Waals surface area (Å²) in [6.07, 6.45) is 6.78. The molecule has 302 valence electrons. The largest absolute Gasteiger partial charge is 0.462 e. The Labute approximate surface area is 317 Å². The van der Waals surface area contributed by atoms with Gasteiger partial charge in [-0.1, -0.05) is 19.9 Å². The Balaban J connectivity index is 1.22. The van der Waals surface area contributed by atoms with Crippen molar-refractivity contribution < 1.29 is 47.5 Å². The van der Waals surface area contributed by atoms with Crippen molar-refractivity contribution in [2.45, 2.75) is 165 Å². The highest BCUT2D eigenvalue weighted by Crippen LogP contribution is 2.56. The zero-order valence-corrected chi connectivity index (χ0v) is 33.6. The number of cyclic esters (lactones) is 1. The van der Waals surface area contributed by atoms with Crippen molar-refractivity contribution in [3.05, 3.63) is 11.6 Å². The number of carbonyl (C=O) groups is 2. The molecule has 3 aliphatic carbocycles. The third kappa shape index (κ3) is 8.61. The van der Waals surface area contributed by atoms with Crippen molar-refractivity contribution in [2.75, 3.05) is 35.4 Å². The van der Waals surface area contributed by atoms with Crippen molar-refractivity contribution in [2.24, 2.45) is 41.2 Å². The van der Waals surface area contributed by atoms with Gasteiger partial charge in [-0.05, 0) is 115 Å². The van der Waals surface area contributed by atoms with Gasteiger partial charge in [-0.3, -0.25) is 9.59 Å². The highest BCUT2D eigenvalue weighted by Gasteiger charge is 2.56. The molecule has 0 amide bonds. The average Bonchev–Trinajstić information content (AvgIpc) is 3.70. The van der Waals surface area contributed by atoms with Gasteiger partial charge in [-0.2, -0.15) is 0 Å². The van der Waals surface area contributed by atoms with Crippen molar-refractivity contribution in [1.82, 2.24) is 4.90 Å². The second-order valence-electron chi connectivity index (χ2n) is 17.1. The Morgan fingerprint density at radius 1 is 0.868 bits per heavy atom. The van der Waals surface area contributed by atoms with Gasteiger partial charge in [0.15, 0.2) is 18.4 Å². The Hall–Kier alpha value is -1.48. The molecule has 2 saturated carbocycles. The molecular formula is C41H68N2O10. The van der Waals surface area contributed by atoms with Crippen LogP contribution in [0.2, 0.25) is 0 Å². The number of esters is 1. The van der Waals surface area contributed by atoms with Crippen molar-refractivity contribution in [1.29, 1.82) is 0 Å². The van der Waals surface area contributed by atoms with Crippen LogP contribution in [0.15, 0.2) is 11.6 Å². The summed E-state index contributed by atoms with van der Waals surface area (Å²) >= 11 is 0. The first-order valence-corrected chi connectivity index (χ1v) is 20.5. The number of hydrogen-bond donors (Lipinski definition) is 1. The number of allylic oxidation sites excluding steroid dienone is 2. The van der Waals surface area contributed by atoms with Gasteiger partial charge in [0.1, 0.15) is 24.4 Å². The van der Waals surface area contributed by atoms with Crippen LogP contribution in [0.25, 0.3) is 0 Å². The van der Waals surface area contributed by atoms with Gasteiger partial charge in [-0.25, -0.2) is 0 Å². The SMILES string of the molecule is CC[C@H]1CCC[C@H](O[C@H]2CC[C@H](N(C)C)C(C)O2)[C@@H](C)C(=O)C2=C[C@H]3[C@@H]4C[C@H](O[C@@H]5OC(C)[C@H](OC)C(OC)[C@@H]5OC)C[C@H]4CC(N)[C@H]3[C@@H]2CC(=O)O1. The first-order valence-electron chi connectivity index (χ1n) is 20.5. The van der Waals surface area contributed by atoms with E-state index >= 15 is 0 Å². The molecule has 6 aliphatic rings. The van der Waals surface area contributed by atoms with Gasteiger partial charge in [0.2, 0.25) is 0 Å². The molecule has 3 saturated heterocycles. The van der Waals surface area contributed by atoms with E-state index in [0.29, 0.717) is 18.4 Å². The minimum absolute atomic E-state index is 0.0282. The molecule has 0 radical (unpaired) electrons. The van der Waals surface area contributed by atoms with Crippen LogP contribution in [0.1, 0.15) is 91.9 Å². The molecule has 4 unspecified atom stereocenters. The van der Waals surface area contributed by atoms with Crippen LogP contribution in [0, 0.1) is 35.5 Å². The predicted octanol–water partition coefficient (Wildman–Crippen LogP) is 4.65. The number of likely N-dealkylation sites (N-methyl/N-ethyl adjacent to an activating group) is 1. The minimum Gasteiger partial charge on any atom is -0.462 e. The summed E-state index contributed by atoms with van der Waals surface area (Å²) in [4.78, 5) is 30.5. The molecule has 12 nitrogen and oxygen atoms in total. The summed E-state index contributed by atoms with van der Waals surface area (Å²) in [5, 5.41) is 0. The monoisotopic (exact) mass is 748 g/mol. The maximum atomic E-state index is 14.7. The lowest BCUT2D eigenvalue weighted by molar-refractivity contribution is -0.314. The Kier molecular flexibility index (Phi) is 13.8. The summed E-state index contributed by atoms with van der Waals surface area (Å²) < 4.78 is 49.7. The van der Waals surface area contributed by atoms with E-state index in [9.17, 15) is 9.59 Å². The molecular weight excluding hydrogens is 680 g/mol. The first-order chi connectivity index (χ1) is 25.4. The van der Waals surface area contributed by atoms with E-state index in [2.05, 4.69) is 38.9 Å². The first kappa shape index (κ1) is 41.2. The van der Waals surface area contributed by atoms with Crippen LogP contribution in [-0.2, 0) is 47.5 Å². The van der Waals surface area contributed by atoms with Gasteiger partial charge in [-0.15, -0.1) is 0 Å². The molecule has 18 atom stereocenters. The maximum Gasteiger partial charge on any atom is 0.306 e. The molecule has 0 aromatic carbocycles. The lowest BCUT2D eigenvalue weighted by Crippen LogP contribution is -2.59. The average molecular weight is 749 g/mol. The second kappa shape index (κ2) is 17.8. The van der Waals surface area contributed by atoms with Gasteiger partial charge in [0.05, 0.1) is 30.8 Å². The number of rotatable bonds is 9. The molecule has 0 aromatic heterocycles. The van der Waals surface area contributed by atoms with Crippen LogP contribution in [0.4, 0.5) is 0 Å². The van der Waals surface area contributed by atoms with E-state index in [4.69, 9.17) is 43.6 Å². The van der Waals surface area contributed by atoms with E-state index in [1.54, 1.807) is 21.3 Å². The number of ketones is 1. The lowest BCUT2D eigenvalue weighted by Gasteiger charge is -2.44. The predicted molar refractivity (Wildman–Crippen MR) is 198 cm³/mol. The highest BCUT2D eigenvalue weighted by molar-refractivity contribution is 5.99. The fourth-order valence-electron chi connectivity index (χ4n) is 11.1. The van der Waals surface area contributed by atoms with E-state index < -0.39 is 18.3 Å². The maximum absolute atomic E-state index is 14.7. The van der Waals surface area contributed by atoms with E-state index in [1.807, 2.05) is 13.8 Å². The Morgan fingerprint density at radius 2 is 1.60 bits per heavy atom. The second-order valence-corrected chi connectivity index (χ2v) is 17.1.